The van der Waals surface area contributed by atoms with Gasteiger partial charge in [-0.3, -0.25) is 4.79 Å². The van der Waals surface area contributed by atoms with Crippen LogP contribution in [0.5, 0.6) is 5.75 Å². The Morgan fingerprint density at radius 1 is 1.00 bits per heavy atom. The number of para-hydroxylation sites is 3. The van der Waals surface area contributed by atoms with Gasteiger partial charge in [-0.2, -0.15) is 0 Å². The first-order valence-electron chi connectivity index (χ1n) is 9.17. The van der Waals surface area contributed by atoms with Crippen molar-refractivity contribution in [2.24, 2.45) is 0 Å². The molecule has 0 fully saturated rings. The van der Waals surface area contributed by atoms with Crippen molar-refractivity contribution in [2.45, 2.75) is 4.90 Å². The first kappa shape index (κ1) is 19.7. The van der Waals surface area contributed by atoms with Crippen LogP contribution in [0.3, 0.4) is 0 Å². The highest BCUT2D eigenvalue weighted by atomic mass is 32.2. The van der Waals surface area contributed by atoms with Crippen LogP contribution in [0.15, 0.2) is 77.7 Å². The molecule has 0 aliphatic heterocycles. The number of aromatic amines is 1. The molecule has 0 spiro atoms. The molecule has 3 aromatic carbocycles. The van der Waals surface area contributed by atoms with E-state index in [1.807, 2.05) is 36.4 Å². The Labute approximate surface area is 173 Å². The van der Waals surface area contributed by atoms with Gasteiger partial charge in [0, 0.05) is 5.56 Å². The van der Waals surface area contributed by atoms with Gasteiger partial charge in [-0.05, 0) is 48.5 Å². The summed E-state index contributed by atoms with van der Waals surface area (Å²) in [4.78, 5) is 20.4. The first-order valence-corrected chi connectivity index (χ1v) is 10.8. The highest BCUT2D eigenvalue weighted by Gasteiger charge is 2.21. The molecule has 7 nitrogen and oxygen atoms in total. The van der Waals surface area contributed by atoms with E-state index in [0.29, 0.717) is 22.8 Å². The van der Waals surface area contributed by atoms with E-state index in [-0.39, 0.29) is 4.90 Å². The summed E-state index contributed by atoms with van der Waals surface area (Å²) in [6.45, 7) is 0. The Balaban J connectivity index is 1.56. The van der Waals surface area contributed by atoms with Crippen molar-refractivity contribution in [2.75, 3.05) is 18.2 Å². The molecule has 0 unspecified atom stereocenters. The smallest absolute Gasteiger partial charge is 0.239 e. The third-order valence-electron chi connectivity index (χ3n) is 4.59. The Morgan fingerprint density at radius 3 is 2.43 bits per heavy atom. The van der Waals surface area contributed by atoms with Gasteiger partial charge in [-0.1, -0.05) is 24.3 Å². The number of ether oxygens (including phenoxy) is 1. The number of benzene rings is 3. The number of amides is 1. The number of imidazole rings is 1. The van der Waals surface area contributed by atoms with Gasteiger partial charge < -0.3 is 15.0 Å². The summed E-state index contributed by atoms with van der Waals surface area (Å²) in [5, 5.41) is 2.70. The zero-order valence-electron chi connectivity index (χ0n) is 16.1. The van der Waals surface area contributed by atoms with Crippen LogP contribution >= 0.6 is 0 Å². The minimum absolute atomic E-state index is 0.0593. The number of carbonyl (C=O) groups is 1. The van der Waals surface area contributed by atoms with Crippen LogP contribution < -0.4 is 10.1 Å². The summed E-state index contributed by atoms with van der Waals surface area (Å²) < 4.78 is 30.2. The van der Waals surface area contributed by atoms with E-state index in [0.717, 1.165) is 11.0 Å². The molecule has 1 heterocycles. The van der Waals surface area contributed by atoms with E-state index in [1.165, 1.54) is 19.2 Å². The third kappa shape index (κ3) is 4.04. The molecule has 4 rings (SSSR count). The molecule has 152 valence electrons. The molecule has 0 saturated carbocycles. The van der Waals surface area contributed by atoms with Crippen molar-refractivity contribution in [3.8, 4) is 17.1 Å². The van der Waals surface area contributed by atoms with Crippen LogP contribution in [0, 0.1) is 0 Å². The average Bonchev–Trinajstić information content (AvgIpc) is 3.18. The van der Waals surface area contributed by atoms with Crippen LogP contribution in [0.25, 0.3) is 22.4 Å². The number of anilines is 1. The number of sulfone groups is 1. The Morgan fingerprint density at radius 2 is 1.70 bits per heavy atom. The maximum atomic E-state index is 12.6. The lowest BCUT2D eigenvalue weighted by molar-refractivity contribution is -0.113. The average molecular weight is 421 g/mol. The zero-order chi connectivity index (χ0) is 21.1. The molecule has 4 aromatic rings. The zero-order valence-corrected chi connectivity index (χ0v) is 16.9. The molecule has 0 aliphatic carbocycles. The van der Waals surface area contributed by atoms with E-state index in [9.17, 15) is 13.2 Å². The number of H-pyrrole nitrogens is 1. The minimum Gasteiger partial charge on any atom is -0.497 e. The lowest BCUT2D eigenvalue weighted by atomic mass is 10.1. The Hall–Kier alpha value is -3.65. The summed E-state index contributed by atoms with van der Waals surface area (Å²) in [5.74, 6) is -0.175. The predicted octanol–water partition coefficient (Wildman–Crippen LogP) is 3.65. The van der Waals surface area contributed by atoms with Crippen molar-refractivity contribution in [3.63, 3.8) is 0 Å². The highest BCUT2D eigenvalue weighted by Crippen LogP contribution is 2.27. The van der Waals surface area contributed by atoms with Crippen LogP contribution in [0.4, 0.5) is 5.69 Å². The normalized spacial score (nSPS) is 11.4. The fraction of sp³-hybridized carbons (Fsp3) is 0.0909. The molecule has 0 aliphatic rings. The minimum atomic E-state index is -3.79. The van der Waals surface area contributed by atoms with E-state index in [2.05, 4.69) is 15.3 Å². The van der Waals surface area contributed by atoms with Gasteiger partial charge in [0.05, 0.1) is 28.7 Å². The van der Waals surface area contributed by atoms with Gasteiger partial charge in [0.1, 0.15) is 17.3 Å². The third-order valence-corrected chi connectivity index (χ3v) is 6.22. The number of nitrogens with one attached hydrogen (secondary N) is 2. The molecule has 0 bridgehead atoms. The second kappa shape index (κ2) is 8.00. The lowest BCUT2D eigenvalue weighted by Crippen LogP contribution is -2.23. The molecule has 1 aromatic heterocycles. The topological polar surface area (TPSA) is 101 Å². The van der Waals surface area contributed by atoms with E-state index < -0.39 is 21.5 Å². The molecule has 8 heteroatoms. The van der Waals surface area contributed by atoms with Gasteiger partial charge >= 0.3 is 0 Å². The van der Waals surface area contributed by atoms with Crippen LogP contribution in [-0.2, 0) is 14.6 Å². The number of carbonyl (C=O) groups excluding carboxylic acids is 1. The Kier molecular flexibility index (Phi) is 5.24. The first-order chi connectivity index (χ1) is 14.5. The second-order valence-electron chi connectivity index (χ2n) is 6.63. The van der Waals surface area contributed by atoms with Gasteiger partial charge in [-0.25, -0.2) is 13.4 Å². The summed E-state index contributed by atoms with van der Waals surface area (Å²) in [6.07, 6.45) is 0. The largest absolute Gasteiger partial charge is 0.497 e. The molecule has 0 radical (unpaired) electrons. The molecule has 0 atom stereocenters. The maximum absolute atomic E-state index is 12.6. The molecule has 0 saturated heterocycles. The molecule has 1 amide bonds. The van der Waals surface area contributed by atoms with Crippen LogP contribution in [0.1, 0.15) is 0 Å². The van der Waals surface area contributed by atoms with Crippen molar-refractivity contribution in [1.29, 1.82) is 0 Å². The van der Waals surface area contributed by atoms with E-state index >= 15 is 0 Å². The number of methoxy groups -OCH3 is 1. The summed E-state index contributed by atoms with van der Waals surface area (Å²) in [6, 6.07) is 20.6. The van der Waals surface area contributed by atoms with Gasteiger partial charge in [0.15, 0.2) is 9.84 Å². The summed E-state index contributed by atoms with van der Waals surface area (Å²) in [7, 11) is -2.30. The number of hydrogen-bond donors (Lipinski definition) is 2. The van der Waals surface area contributed by atoms with Crippen molar-refractivity contribution in [1.82, 2.24) is 9.97 Å². The number of rotatable bonds is 6. The van der Waals surface area contributed by atoms with Gasteiger partial charge in [0.2, 0.25) is 5.91 Å². The SMILES string of the molecule is COc1ccc(S(=O)(=O)CC(=O)Nc2ccccc2-c2nc3ccccc3[nH]2)cc1. The molecular weight excluding hydrogens is 402 g/mol. The summed E-state index contributed by atoms with van der Waals surface area (Å²) in [5.41, 5.74) is 2.82. The molecule has 2 N–H and O–H groups in total. The predicted molar refractivity (Wildman–Crippen MR) is 115 cm³/mol. The van der Waals surface area contributed by atoms with Crippen molar-refractivity contribution < 1.29 is 17.9 Å². The van der Waals surface area contributed by atoms with Crippen LogP contribution in [-0.4, -0.2) is 37.2 Å². The fourth-order valence-electron chi connectivity index (χ4n) is 3.10. The molecular formula is C22H19N3O4S. The van der Waals surface area contributed by atoms with Crippen molar-refractivity contribution >= 4 is 32.5 Å². The van der Waals surface area contributed by atoms with Gasteiger partial charge in [0.25, 0.3) is 0 Å². The number of aromatic nitrogens is 2. The number of hydrogen-bond acceptors (Lipinski definition) is 5. The Bertz CT molecular complexity index is 1280. The lowest BCUT2D eigenvalue weighted by Gasteiger charge is -2.10. The second-order valence-corrected chi connectivity index (χ2v) is 8.62. The maximum Gasteiger partial charge on any atom is 0.239 e. The summed E-state index contributed by atoms with van der Waals surface area (Å²) >= 11 is 0. The standard InChI is InChI=1S/C22H19N3O4S/c1-29-15-10-12-16(13-11-15)30(27,28)14-21(26)23-18-7-3-2-6-17(18)22-24-19-8-4-5-9-20(19)25-22/h2-13H,14H2,1H3,(H,23,26)(H,24,25). The van der Waals surface area contributed by atoms with Gasteiger partial charge in [-0.15, -0.1) is 0 Å². The fourth-order valence-corrected chi connectivity index (χ4v) is 4.24. The van der Waals surface area contributed by atoms with Crippen molar-refractivity contribution in [3.05, 3.63) is 72.8 Å². The van der Waals surface area contributed by atoms with Crippen LogP contribution in [0.2, 0.25) is 0 Å². The van der Waals surface area contributed by atoms with E-state index in [4.69, 9.17) is 4.74 Å². The monoisotopic (exact) mass is 421 g/mol. The number of fused-ring (bicyclic) bond motifs is 1. The highest BCUT2D eigenvalue weighted by molar-refractivity contribution is 7.92. The quantitative estimate of drug-likeness (QED) is 0.495. The van der Waals surface area contributed by atoms with E-state index in [1.54, 1.807) is 24.3 Å². The number of nitrogens with zero attached hydrogens (tertiary/aromatic N) is 1. The molecule has 30 heavy (non-hydrogen) atoms.